The highest BCUT2D eigenvalue weighted by atomic mass is 15.2. The number of nitrogen functional groups attached to an aromatic ring is 1. The third-order valence-electron chi connectivity index (χ3n) is 2.14. The van der Waals surface area contributed by atoms with Crippen LogP contribution in [0.4, 0.5) is 5.82 Å². The van der Waals surface area contributed by atoms with Crippen molar-refractivity contribution in [1.29, 1.82) is 5.41 Å². The van der Waals surface area contributed by atoms with Gasteiger partial charge in [-0.15, -0.1) is 0 Å². The molecular weight excluding hydrogens is 190 g/mol. The highest BCUT2D eigenvalue weighted by molar-refractivity contribution is 5.97. The molecule has 5 heteroatoms. The Balaban J connectivity index is 2.87. The fourth-order valence-electron chi connectivity index (χ4n) is 1.30. The van der Waals surface area contributed by atoms with Crippen molar-refractivity contribution in [2.24, 2.45) is 5.73 Å². The molecule has 0 amide bonds. The van der Waals surface area contributed by atoms with Crippen LogP contribution in [0.3, 0.4) is 0 Å². The summed E-state index contributed by atoms with van der Waals surface area (Å²) in [6.07, 6.45) is 5.38. The summed E-state index contributed by atoms with van der Waals surface area (Å²) in [5.74, 6) is 0.639. The fraction of sp³-hybridized carbons (Fsp3) is 0.500. The van der Waals surface area contributed by atoms with Gasteiger partial charge in [0.05, 0.1) is 0 Å². The quantitative estimate of drug-likeness (QED) is 0.557. The van der Waals surface area contributed by atoms with Crippen molar-refractivity contribution >= 4 is 11.7 Å². The van der Waals surface area contributed by atoms with Gasteiger partial charge in [-0.25, -0.2) is 9.97 Å². The highest BCUT2D eigenvalue weighted by Crippen LogP contribution is 2.12. The van der Waals surface area contributed by atoms with Crippen LogP contribution in [0.15, 0.2) is 12.4 Å². The smallest absolute Gasteiger partial charge is 0.158 e. The molecule has 0 fully saturated rings. The molecule has 82 valence electrons. The molecule has 0 aliphatic rings. The van der Waals surface area contributed by atoms with E-state index in [2.05, 4.69) is 16.9 Å². The largest absolute Gasteiger partial charge is 0.382 e. The van der Waals surface area contributed by atoms with Crippen LogP contribution < -0.4 is 10.6 Å². The van der Waals surface area contributed by atoms with Crippen molar-refractivity contribution in [3.8, 4) is 0 Å². The molecule has 0 radical (unpaired) electrons. The number of hydrogen-bond acceptors (Lipinski definition) is 4. The molecule has 3 N–H and O–H groups in total. The third kappa shape index (κ3) is 2.90. The van der Waals surface area contributed by atoms with Crippen molar-refractivity contribution in [2.45, 2.75) is 19.8 Å². The van der Waals surface area contributed by atoms with E-state index in [0.29, 0.717) is 11.5 Å². The molecule has 0 saturated heterocycles. The van der Waals surface area contributed by atoms with Gasteiger partial charge in [-0.3, -0.25) is 5.41 Å². The van der Waals surface area contributed by atoms with Gasteiger partial charge in [-0.05, 0) is 6.42 Å². The van der Waals surface area contributed by atoms with E-state index in [4.69, 9.17) is 11.1 Å². The van der Waals surface area contributed by atoms with Crippen LogP contribution in [0.5, 0.6) is 0 Å². The van der Waals surface area contributed by atoms with E-state index >= 15 is 0 Å². The van der Waals surface area contributed by atoms with Gasteiger partial charge in [-0.2, -0.15) is 0 Å². The van der Waals surface area contributed by atoms with Crippen molar-refractivity contribution in [3.05, 3.63) is 18.1 Å². The second-order valence-electron chi connectivity index (χ2n) is 3.42. The molecule has 0 aromatic carbocycles. The van der Waals surface area contributed by atoms with E-state index in [0.717, 1.165) is 19.4 Å². The summed E-state index contributed by atoms with van der Waals surface area (Å²) in [6.45, 7) is 3.03. The van der Waals surface area contributed by atoms with Crippen LogP contribution in [0.25, 0.3) is 0 Å². The van der Waals surface area contributed by atoms with Gasteiger partial charge in [0.15, 0.2) is 5.82 Å². The summed E-state index contributed by atoms with van der Waals surface area (Å²) in [4.78, 5) is 10.2. The minimum Gasteiger partial charge on any atom is -0.382 e. The average Bonchev–Trinajstić information content (AvgIpc) is 2.25. The maximum atomic E-state index is 7.40. The number of anilines is 1. The number of rotatable bonds is 5. The second-order valence-corrected chi connectivity index (χ2v) is 3.42. The summed E-state index contributed by atoms with van der Waals surface area (Å²) < 4.78 is 0. The first-order chi connectivity index (χ1) is 7.16. The summed E-state index contributed by atoms with van der Waals surface area (Å²) >= 11 is 0. The summed E-state index contributed by atoms with van der Waals surface area (Å²) in [7, 11) is 1.94. The Morgan fingerprint density at radius 1 is 1.47 bits per heavy atom. The molecule has 1 aromatic heterocycles. The Bertz CT molecular complexity index is 336. The summed E-state index contributed by atoms with van der Waals surface area (Å²) in [5.41, 5.74) is 5.89. The molecule has 0 aliphatic carbocycles. The van der Waals surface area contributed by atoms with Crippen LogP contribution in [0.2, 0.25) is 0 Å². The maximum Gasteiger partial charge on any atom is 0.158 e. The topological polar surface area (TPSA) is 78.9 Å². The molecule has 0 aliphatic heterocycles. The molecule has 1 rings (SSSR count). The lowest BCUT2D eigenvalue weighted by Gasteiger charge is -2.19. The van der Waals surface area contributed by atoms with Crippen LogP contribution >= 0.6 is 0 Å². The van der Waals surface area contributed by atoms with Crippen molar-refractivity contribution in [2.75, 3.05) is 18.5 Å². The molecule has 0 unspecified atom stereocenters. The van der Waals surface area contributed by atoms with E-state index in [1.165, 1.54) is 0 Å². The number of nitrogens with zero attached hydrogens (tertiary/aromatic N) is 3. The van der Waals surface area contributed by atoms with Crippen LogP contribution in [0, 0.1) is 5.41 Å². The highest BCUT2D eigenvalue weighted by Gasteiger charge is 2.11. The number of nitrogens with two attached hydrogens (primary N) is 1. The lowest BCUT2D eigenvalue weighted by Crippen LogP contribution is -2.25. The van der Waals surface area contributed by atoms with Gasteiger partial charge in [0.25, 0.3) is 0 Å². The SMILES string of the molecule is CCCCN(C)c1nccnc1C(=N)N. The van der Waals surface area contributed by atoms with E-state index < -0.39 is 0 Å². The first-order valence-electron chi connectivity index (χ1n) is 5.03. The minimum absolute atomic E-state index is 0.0403. The van der Waals surface area contributed by atoms with Crippen molar-refractivity contribution < 1.29 is 0 Å². The number of hydrogen-bond donors (Lipinski definition) is 2. The van der Waals surface area contributed by atoms with Gasteiger partial charge in [0, 0.05) is 26.0 Å². The van der Waals surface area contributed by atoms with Gasteiger partial charge in [0.1, 0.15) is 11.5 Å². The first kappa shape index (κ1) is 11.4. The van der Waals surface area contributed by atoms with Crippen molar-refractivity contribution in [3.63, 3.8) is 0 Å². The zero-order valence-electron chi connectivity index (χ0n) is 9.20. The Morgan fingerprint density at radius 3 is 2.73 bits per heavy atom. The fourth-order valence-corrected chi connectivity index (χ4v) is 1.30. The molecule has 15 heavy (non-hydrogen) atoms. The van der Waals surface area contributed by atoms with Gasteiger partial charge >= 0.3 is 0 Å². The van der Waals surface area contributed by atoms with E-state index in [1.807, 2.05) is 11.9 Å². The molecule has 1 aromatic rings. The van der Waals surface area contributed by atoms with E-state index in [-0.39, 0.29) is 5.84 Å². The standard InChI is InChI=1S/C10H17N5/c1-3-4-7-15(2)10-8(9(11)12)13-5-6-14-10/h5-6H,3-4,7H2,1-2H3,(H3,11,12). The van der Waals surface area contributed by atoms with Crippen LogP contribution in [0.1, 0.15) is 25.5 Å². The first-order valence-corrected chi connectivity index (χ1v) is 5.03. The van der Waals surface area contributed by atoms with Gasteiger partial charge < -0.3 is 10.6 Å². The van der Waals surface area contributed by atoms with Crippen LogP contribution in [-0.2, 0) is 0 Å². The zero-order valence-corrected chi connectivity index (χ0v) is 9.20. The predicted octanol–water partition coefficient (Wildman–Crippen LogP) is 0.997. The maximum absolute atomic E-state index is 7.40. The number of aromatic nitrogens is 2. The molecule has 0 saturated carbocycles. The Kier molecular flexibility index (Phi) is 4.03. The van der Waals surface area contributed by atoms with Gasteiger partial charge in [0.2, 0.25) is 0 Å². The van der Waals surface area contributed by atoms with E-state index in [1.54, 1.807) is 12.4 Å². The van der Waals surface area contributed by atoms with Gasteiger partial charge in [-0.1, -0.05) is 13.3 Å². The predicted molar refractivity (Wildman–Crippen MR) is 61.2 cm³/mol. The normalized spacial score (nSPS) is 10.0. The Morgan fingerprint density at radius 2 is 2.13 bits per heavy atom. The Labute approximate surface area is 89.8 Å². The van der Waals surface area contributed by atoms with E-state index in [9.17, 15) is 0 Å². The number of amidine groups is 1. The third-order valence-corrected chi connectivity index (χ3v) is 2.14. The Hall–Kier alpha value is -1.65. The summed E-state index contributed by atoms with van der Waals surface area (Å²) in [5, 5.41) is 7.40. The molecular formula is C10H17N5. The van der Waals surface area contributed by atoms with Crippen molar-refractivity contribution in [1.82, 2.24) is 9.97 Å². The molecule has 0 spiro atoms. The van der Waals surface area contributed by atoms with Crippen LogP contribution in [-0.4, -0.2) is 29.4 Å². The minimum atomic E-state index is -0.0403. The zero-order chi connectivity index (χ0) is 11.3. The lowest BCUT2D eigenvalue weighted by atomic mass is 10.3. The average molecular weight is 207 g/mol. The number of unbranched alkanes of at least 4 members (excludes halogenated alkanes) is 1. The lowest BCUT2D eigenvalue weighted by molar-refractivity contribution is 0.757. The molecule has 1 heterocycles. The molecule has 0 atom stereocenters. The molecule has 0 bridgehead atoms. The summed E-state index contributed by atoms with van der Waals surface area (Å²) in [6, 6.07) is 0. The second kappa shape index (κ2) is 5.29. The monoisotopic (exact) mass is 207 g/mol. The molecule has 5 nitrogen and oxygen atoms in total. The number of nitrogens with one attached hydrogen (secondary N) is 1.